The van der Waals surface area contributed by atoms with Gasteiger partial charge in [-0.25, -0.2) is 10.1 Å². The molecule has 0 fully saturated rings. The van der Waals surface area contributed by atoms with Crippen LogP contribution in [0.15, 0.2) is 11.3 Å². The molecule has 4 nitrogen and oxygen atoms in total. The standard InChI is InChI=1S/C7H8N3O.Li.H2S/c1-5-3-9-10-6(2)8-4-7(10)11-5;;/h3-4H,1-2H3;;1H2/q-1;+1;/p-1. The monoisotopic (exact) mass is 190 g/mol. The summed E-state index contributed by atoms with van der Waals surface area (Å²) in [5.74, 6) is 1.52. The van der Waals surface area contributed by atoms with Crippen LogP contribution in [-0.2, 0) is 13.5 Å². The second kappa shape index (κ2) is 4.66. The predicted octanol–water partition coefficient (Wildman–Crippen LogP) is -2.30. The molecule has 0 atom stereocenters. The molecule has 66 valence electrons. The molecule has 1 aliphatic heterocycles. The van der Waals surface area contributed by atoms with Crippen molar-refractivity contribution in [3.05, 3.63) is 18.1 Å². The zero-order chi connectivity index (χ0) is 7.84. The van der Waals surface area contributed by atoms with Crippen molar-refractivity contribution >= 4 is 19.7 Å². The maximum Gasteiger partial charge on any atom is 1.00 e. The van der Waals surface area contributed by atoms with Crippen molar-refractivity contribution in [3.8, 4) is 5.88 Å². The van der Waals surface area contributed by atoms with Gasteiger partial charge in [0.05, 0.1) is 6.20 Å². The van der Waals surface area contributed by atoms with E-state index in [9.17, 15) is 0 Å². The summed E-state index contributed by atoms with van der Waals surface area (Å²) >= 11 is 0. The first-order valence-electron chi connectivity index (χ1n) is 3.37. The fourth-order valence-corrected chi connectivity index (χ4v) is 0.958. The second-order valence-electron chi connectivity index (χ2n) is 2.41. The van der Waals surface area contributed by atoms with E-state index in [1.54, 1.807) is 17.1 Å². The Hall–Kier alpha value is -0.503. The van der Waals surface area contributed by atoms with Crippen molar-refractivity contribution in [2.75, 3.05) is 0 Å². The van der Waals surface area contributed by atoms with E-state index in [-0.39, 0.29) is 32.4 Å². The Morgan fingerprint density at radius 1 is 1.54 bits per heavy atom. The maximum absolute atomic E-state index is 5.32. The summed E-state index contributed by atoms with van der Waals surface area (Å²) in [7, 11) is 0. The minimum Gasteiger partial charge on any atom is -0.813 e. The predicted molar refractivity (Wildman–Crippen MR) is 49.2 cm³/mol. The van der Waals surface area contributed by atoms with Crippen LogP contribution < -0.4 is 23.6 Å². The summed E-state index contributed by atoms with van der Waals surface area (Å²) in [4.78, 5) is 4.04. The summed E-state index contributed by atoms with van der Waals surface area (Å²) in [5, 5.41) is 4.10. The van der Waals surface area contributed by atoms with E-state index in [1.807, 2.05) is 13.8 Å². The fourth-order valence-electron chi connectivity index (χ4n) is 0.958. The smallest absolute Gasteiger partial charge is 0.813 e. The zero-order valence-corrected chi connectivity index (χ0v) is 8.75. The summed E-state index contributed by atoms with van der Waals surface area (Å²) in [5.41, 5.74) is 0. The maximum atomic E-state index is 5.32. The summed E-state index contributed by atoms with van der Waals surface area (Å²) in [6.07, 6.45) is 4.12. The summed E-state index contributed by atoms with van der Waals surface area (Å²) < 4.78 is 6.98. The van der Waals surface area contributed by atoms with Gasteiger partial charge >= 0.3 is 18.9 Å². The van der Waals surface area contributed by atoms with Crippen LogP contribution in [0.5, 0.6) is 5.88 Å². The quantitative estimate of drug-likeness (QED) is 0.200. The molecule has 0 spiro atoms. The fraction of sp³-hybridized carbons (Fsp3) is 0.286. The normalized spacial score (nSPS) is 12.3. The van der Waals surface area contributed by atoms with Gasteiger partial charge in [0.15, 0.2) is 0 Å². The van der Waals surface area contributed by atoms with E-state index < -0.39 is 0 Å². The largest absolute Gasteiger partial charge is 1.00 e. The van der Waals surface area contributed by atoms with Crippen LogP contribution in [0.2, 0.25) is 0 Å². The van der Waals surface area contributed by atoms with E-state index >= 15 is 0 Å². The van der Waals surface area contributed by atoms with Gasteiger partial charge < -0.3 is 18.2 Å². The van der Waals surface area contributed by atoms with Crippen LogP contribution in [0.1, 0.15) is 12.7 Å². The van der Waals surface area contributed by atoms with Crippen molar-refractivity contribution in [2.45, 2.75) is 13.8 Å². The van der Waals surface area contributed by atoms with Gasteiger partial charge in [0, 0.05) is 0 Å². The van der Waals surface area contributed by atoms with Gasteiger partial charge in [-0.3, -0.25) is 0 Å². The van der Waals surface area contributed by atoms with Crippen LogP contribution in [0, 0.1) is 13.0 Å². The first kappa shape index (κ1) is 12.5. The molecular formula is C7H9LiN3OS-. The van der Waals surface area contributed by atoms with Crippen LogP contribution in [0.4, 0.5) is 0 Å². The molecule has 0 unspecified atom stereocenters. The Kier molecular flexibility index (Phi) is 4.48. The van der Waals surface area contributed by atoms with E-state index in [1.165, 1.54) is 0 Å². The molecule has 0 N–H and O–H groups in total. The molecule has 0 aromatic carbocycles. The van der Waals surface area contributed by atoms with E-state index in [0.29, 0.717) is 5.88 Å². The molecule has 1 aromatic rings. The van der Waals surface area contributed by atoms with E-state index in [4.69, 9.17) is 4.74 Å². The Bertz CT molecular complexity index is 313. The van der Waals surface area contributed by atoms with Gasteiger partial charge in [-0.1, -0.05) is 6.21 Å². The Morgan fingerprint density at radius 3 is 2.92 bits per heavy atom. The number of rotatable bonds is 0. The third-order valence-corrected chi connectivity index (χ3v) is 1.50. The molecule has 2 rings (SSSR count). The number of ether oxygens (including phenoxy) is 1. The Labute approximate surface area is 96.0 Å². The molecule has 1 aromatic heterocycles. The topological polar surface area (TPSA) is 39.4 Å². The molecule has 0 amide bonds. The summed E-state index contributed by atoms with van der Waals surface area (Å²) in [6, 6.07) is 0. The average molecular weight is 190 g/mol. The first-order chi connectivity index (χ1) is 5.27. The molecule has 0 bridgehead atoms. The number of aromatic nitrogens is 2. The van der Waals surface area contributed by atoms with Crippen LogP contribution in [0.25, 0.3) is 0 Å². The average Bonchev–Trinajstić information content (AvgIpc) is 2.32. The zero-order valence-electron chi connectivity index (χ0n) is 7.85. The van der Waals surface area contributed by atoms with Crippen molar-refractivity contribution in [1.82, 2.24) is 9.66 Å². The van der Waals surface area contributed by atoms with Crippen molar-refractivity contribution in [2.24, 2.45) is 5.10 Å². The SMILES string of the molecule is Cc1ncc2n1N=C[C-](C)O2.[Li+].[SH-]. The number of aryl methyl sites for hydroxylation is 1. The number of nitrogens with zero attached hydrogens (tertiary/aromatic N) is 3. The van der Waals surface area contributed by atoms with Crippen LogP contribution >= 0.6 is 0 Å². The van der Waals surface area contributed by atoms with Gasteiger partial charge in [0.25, 0.3) is 0 Å². The minimum absolute atomic E-state index is 0. The van der Waals surface area contributed by atoms with Crippen molar-refractivity contribution < 1.29 is 23.6 Å². The van der Waals surface area contributed by atoms with Gasteiger partial charge in [0.2, 0.25) is 5.88 Å². The molecule has 0 saturated carbocycles. The molecule has 2 heterocycles. The van der Waals surface area contributed by atoms with Gasteiger partial charge in [-0.05, 0) is 6.92 Å². The number of hydrogen-bond donors (Lipinski definition) is 0. The van der Waals surface area contributed by atoms with E-state index in [0.717, 1.165) is 11.9 Å². The van der Waals surface area contributed by atoms with Crippen molar-refractivity contribution in [1.29, 1.82) is 0 Å². The third kappa shape index (κ3) is 2.24. The number of imidazole rings is 1. The Balaban J connectivity index is 0.000000720. The molecule has 0 radical (unpaired) electrons. The molecule has 0 aliphatic carbocycles. The molecule has 6 heteroatoms. The first-order valence-corrected chi connectivity index (χ1v) is 3.37. The van der Waals surface area contributed by atoms with Gasteiger partial charge in [0.1, 0.15) is 5.82 Å². The van der Waals surface area contributed by atoms with Gasteiger partial charge in [-0.2, -0.15) is 10.8 Å². The van der Waals surface area contributed by atoms with Crippen LogP contribution in [-0.4, -0.2) is 15.9 Å². The third-order valence-electron chi connectivity index (χ3n) is 1.50. The van der Waals surface area contributed by atoms with Crippen LogP contribution in [0.3, 0.4) is 0 Å². The van der Waals surface area contributed by atoms with Gasteiger partial charge in [-0.15, -0.1) is 6.92 Å². The number of thiol groups is 1. The Morgan fingerprint density at radius 2 is 2.23 bits per heavy atom. The summed E-state index contributed by atoms with van der Waals surface area (Å²) in [6.45, 7) is 3.74. The number of hydrogen-bond acceptors (Lipinski definition) is 4. The molecule has 1 aliphatic rings. The molecule has 0 saturated heterocycles. The minimum atomic E-state index is 0. The van der Waals surface area contributed by atoms with Crippen molar-refractivity contribution in [3.63, 3.8) is 0 Å². The van der Waals surface area contributed by atoms with E-state index in [2.05, 4.69) is 10.1 Å². The molecule has 13 heavy (non-hydrogen) atoms. The molecular weight excluding hydrogens is 181 g/mol. The number of fused-ring (bicyclic) bond motifs is 1. The second-order valence-corrected chi connectivity index (χ2v) is 2.41.